The first kappa shape index (κ1) is 11.6. The highest BCUT2D eigenvalue weighted by atomic mass is 79.9. The van der Waals surface area contributed by atoms with Gasteiger partial charge in [-0.15, -0.1) is 0 Å². The number of aryl methyl sites for hydroxylation is 1. The largest absolute Gasteiger partial charge is 0.469 e. The lowest BCUT2D eigenvalue weighted by Crippen LogP contribution is -2.27. The molecule has 2 rings (SSSR count). The molecule has 0 saturated heterocycles. The molecule has 1 atom stereocenters. The van der Waals surface area contributed by atoms with E-state index in [1.54, 1.807) is 0 Å². The summed E-state index contributed by atoms with van der Waals surface area (Å²) in [5.41, 5.74) is 1.12. The van der Waals surface area contributed by atoms with E-state index in [-0.39, 0.29) is 11.9 Å². The van der Waals surface area contributed by atoms with Gasteiger partial charge in [0.2, 0.25) is 0 Å². The highest BCUT2D eigenvalue weighted by Crippen LogP contribution is 2.28. The van der Waals surface area contributed by atoms with Crippen molar-refractivity contribution in [2.75, 3.05) is 7.11 Å². The zero-order valence-corrected chi connectivity index (χ0v) is 11.1. The zero-order chi connectivity index (χ0) is 11.7. The summed E-state index contributed by atoms with van der Waals surface area (Å²) in [5, 5.41) is 0. The Hall–Kier alpha value is -0.840. The summed E-state index contributed by atoms with van der Waals surface area (Å²) in [7, 11) is 1.45. The number of nitrogens with zero attached hydrogens (tertiary/aromatic N) is 2. The first-order valence-electron chi connectivity index (χ1n) is 5.49. The monoisotopic (exact) mass is 286 g/mol. The van der Waals surface area contributed by atoms with Gasteiger partial charge in [-0.05, 0) is 22.4 Å². The number of fused-ring (bicyclic) bond motifs is 1. The van der Waals surface area contributed by atoms with Crippen LogP contribution in [0.1, 0.15) is 24.9 Å². The van der Waals surface area contributed by atoms with E-state index in [9.17, 15) is 4.79 Å². The number of imidazole rings is 1. The van der Waals surface area contributed by atoms with Crippen LogP contribution in [0.5, 0.6) is 0 Å². The summed E-state index contributed by atoms with van der Waals surface area (Å²) < 4.78 is 7.88. The zero-order valence-electron chi connectivity index (χ0n) is 9.49. The van der Waals surface area contributed by atoms with Gasteiger partial charge >= 0.3 is 5.97 Å². The molecule has 5 heteroatoms. The van der Waals surface area contributed by atoms with Crippen molar-refractivity contribution in [1.29, 1.82) is 0 Å². The second kappa shape index (κ2) is 4.57. The standard InChI is InChI=1S/C11H15BrN2O2/c1-3-9-13-10(12)8-6-7(11(15)16-2)4-5-14(8)9/h7H,3-6H2,1-2H3. The second-order valence-electron chi connectivity index (χ2n) is 3.98. The number of carbonyl (C=O) groups is 1. The molecule has 0 N–H and O–H groups in total. The molecule has 0 aliphatic carbocycles. The lowest BCUT2D eigenvalue weighted by atomic mass is 9.96. The predicted octanol–water partition coefficient (Wildman–Crippen LogP) is 1.94. The Morgan fingerprint density at radius 2 is 2.44 bits per heavy atom. The lowest BCUT2D eigenvalue weighted by molar-refractivity contribution is -0.146. The molecular formula is C11H15BrN2O2. The summed E-state index contributed by atoms with van der Waals surface area (Å²) in [6.45, 7) is 2.95. The van der Waals surface area contributed by atoms with Crippen molar-refractivity contribution in [2.45, 2.75) is 32.7 Å². The molecule has 0 saturated carbocycles. The maximum absolute atomic E-state index is 11.5. The first-order chi connectivity index (χ1) is 7.67. The van der Waals surface area contributed by atoms with Gasteiger partial charge in [-0.25, -0.2) is 4.98 Å². The minimum Gasteiger partial charge on any atom is -0.469 e. The Morgan fingerprint density at radius 1 is 1.69 bits per heavy atom. The fraction of sp³-hybridized carbons (Fsp3) is 0.636. The summed E-state index contributed by atoms with van der Waals surface area (Å²) >= 11 is 3.46. The lowest BCUT2D eigenvalue weighted by Gasteiger charge is -2.23. The molecule has 88 valence electrons. The molecule has 1 aromatic heterocycles. The number of ether oxygens (including phenoxy) is 1. The van der Waals surface area contributed by atoms with Gasteiger partial charge < -0.3 is 9.30 Å². The third-order valence-corrected chi connectivity index (χ3v) is 3.73. The van der Waals surface area contributed by atoms with Crippen LogP contribution in [0.2, 0.25) is 0 Å². The summed E-state index contributed by atoms with van der Waals surface area (Å²) in [5.74, 6) is 0.956. The van der Waals surface area contributed by atoms with Crippen LogP contribution in [0.4, 0.5) is 0 Å². The maximum Gasteiger partial charge on any atom is 0.309 e. The van der Waals surface area contributed by atoms with Crippen LogP contribution in [-0.2, 0) is 28.9 Å². The number of hydrogen-bond acceptors (Lipinski definition) is 3. The van der Waals surface area contributed by atoms with Crippen molar-refractivity contribution in [3.05, 3.63) is 16.1 Å². The number of esters is 1. The van der Waals surface area contributed by atoms with Crippen LogP contribution in [0.25, 0.3) is 0 Å². The molecule has 0 amide bonds. The number of hydrogen-bond donors (Lipinski definition) is 0. The van der Waals surface area contributed by atoms with E-state index in [1.165, 1.54) is 7.11 Å². The van der Waals surface area contributed by atoms with Gasteiger partial charge in [0, 0.05) is 19.4 Å². The van der Waals surface area contributed by atoms with Gasteiger partial charge in [-0.1, -0.05) is 6.92 Å². The van der Waals surface area contributed by atoms with Gasteiger partial charge in [0.15, 0.2) is 0 Å². The van der Waals surface area contributed by atoms with E-state index in [0.717, 1.165) is 41.9 Å². The van der Waals surface area contributed by atoms with E-state index < -0.39 is 0 Å². The third kappa shape index (κ3) is 1.88. The molecule has 0 aromatic carbocycles. The van der Waals surface area contributed by atoms with Crippen molar-refractivity contribution in [3.8, 4) is 0 Å². The topological polar surface area (TPSA) is 44.1 Å². The molecule has 0 bridgehead atoms. The Kier molecular flexibility index (Phi) is 3.33. The number of carbonyl (C=O) groups excluding carboxylic acids is 1. The minimum absolute atomic E-state index is 0.0183. The van der Waals surface area contributed by atoms with Crippen molar-refractivity contribution in [2.24, 2.45) is 5.92 Å². The summed E-state index contributed by atoms with van der Waals surface area (Å²) in [6, 6.07) is 0. The van der Waals surface area contributed by atoms with E-state index in [1.807, 2.05) is 0 Å². The normalized spacial score (nSPS) is 19.3. The molecule has 1 unspecified atom stereocenters. The van der Waals surface area contributed by atoms with E-state index in [0.29, 0.717) is 0 Å². The van der Waals surface area contributed by atoms with Gasteiger partial charge in [0.25, 0.3) is 0 Å². The fourth-order valence-corrected chi connectivity index (χ4v) is 2.80. The van der Waals surface area contributed by atoms with E-state index in [4.69, 9.17) is 4.74 Å². The van der Waals surface area contributed by atoms with Crippen molar-refractivity contribution in [1.82, 2.24) is 9.55 Å². The molecule has 0 radical (unpaired) electrons. The van der Waals surface area contributed by atoms with Crippen LogP contribution in [0.15, 0.2) is 4.60 Å². The molecular weight excluding hydrogens is 272 g/mol. The average Bonchev–Trinajstić information content (AvgIpc) is 2.64. The molecule has 1 aliphatic rings. The Labute approximate surface area is 103 Å². The number of halogens is 1. The smallest absolute Gasteiger partial charge is 0.309 e. The van der Waals surface area contributed by atoms with Crippen LogP contribution < -0.4 is 0 Å². The summed E-state index contributed by atoms with van der Waals surface area (Å²) in [4.78, 5) is 16.0. The van der Waals surface area contributed by atoms with Gasteiger partial charge in [0.1, 0.15) is 10.4 Å². The quantitative estimate of drug-likeness (QED) is 0.781. The first-order valence-corrected chi connectivity index (χ1v) is 6.28. The van der Waals surface area contributed by atoms with Gasteiger partial charge in [0.05, 0.1) is 18.7 Å². The molecule has 0 fully saturated rings. The minimum atomic E-state index is -0.114. The van der Waals surface area contributed by atoms with Crippen molar-refractivity contribution in [3.63, 3.8) is 0 Å². The fourth-order valence-electron chi connectivity index (χ4n) is 2.22. The maximum atomic E-state index is 11.5. The molecule has 1 aliphatic heterocycles. The van der Waals surface area contributed by atoms with Gasteiger partial charge in [-0.3, -0.25) is 4.79 Å². The Bertz CT molecular complexity index is 414. The van der Waals surface area contributed by atoms with Crippen LogP contribution in [0, 0.1) is 5.92 Å². The molecule has 4 nitrogen and oxygen atoms in total. The Balaban J connectivity index is 2.27. The van der Waals surface area contributed by atoms with Crippen LogP contribution in [0.3, 0.4) is 0 Å². The summed E-state index contributed by atoms with van der Waals surface area (Å²) in [6.07, 6.45) is 2.48. The number of aromatic nitrogens is 2. The predicted molar refractivity (Wildman–Crippen MR) is 63.1 cm³/mol. The SMILES string of the molecule is CCc1nc(Br)c2n1CCC(C(=O)OC)C2. The van der Waals surface area contributed by atoms with Crippen LogP contribution in [-0.4, -0.2) is 22.6 Å². The van der Waals surface area contributed by atoms with E-state index >= 15 is 0 Å². The van der Waals surface area contributed by atoms with Crippen molar-refractivity contribution < 1.29 is 9.53 Å². The second-order valence-corrected chi connectivity index (χ2v) is 4.73. The number of rotatable bonds is 2. The van der Waals surface area contributed by atoms with Crippen LogP contribution >= 0.6 is 15.9 Å². The third-order valence-electron chi connectivity index (χ3n) is 3.09. The highest BCUT2D eigenvalue weighted by molar-refractivity contribution is 9.10. The van der Waals surface area contributed by atoms with E-state index in [2.05, 4.69) is 32.4 Å². The average molecular weight is 287 g/mol. The Morgan fingerprint density at radius 3 is 3.06 bits per heavy atom. The highest BCUT2D eigenvalue weighted by Gasteiger charge is 2.28. The molecule has 0 spiro atoms. The van der Waals surface area contributed by atoms with Gasteiger partial charge in [-0.2, -0.15) is 0 Å². The molecule has 2 heterocycles. The number of methoxy groups -OCH3 is 1. The van der Waals surface area contributed by atoms with Crippen molar-refractivity contribution >= 4 is 21.9 Å². The molecule has 1 aromatic rings. The molecule has 16 heavy (non-hydrogen) atoms.